The van der Waals surface area contributed by atoms with E-state index in [1.807, 2.05) is 31.2 Å². The van der Waals surface area contributed by atoms with Crippen LogP contribution in [0, 0.1) is 0 Å². The van der Waals surface area contributed by atoms with Gasteiger partial charge in [-0.1, -0.05) is 25.1 Å². The largest absolute Gasteiger partial charge is 0.492 e. The second-order valence-electron chi connectivity index (χ2n) is 6.55. The van der Waals surface area contributed by atoms with Gasteiger partial charge < -0.3 is 25.2 Å². The normalized spacial score (nSPS) is 11.0. The zero-order valence-electron chi connectivity index (χ0n) is 17.3. The first kappa shape index (κ1) is 24.7. The molecule has 0 spiro atoms. The van der Waals surface area contributed by atoms with E-state index in [2.05, 4.69) is 39.9 Å². The lowest BCUT2D eigenvalue weighted by Gasteiger charge is -2.12. The minimum atomic E-state index is -0.113. The molecule has 0 aliphatic rings. The molecule has 0 aliphatic carbocycles. The Morgan fingerprint density at radius 2 is 2.07 bits per heavy atom. The van der Waals surface area contributed by atoms with Crippen molar-refractivity contribution in [2.75, 3.05) is 25.0 Å². The predicted octanol–water partition coefficient (Wildman–Crippen LogP) is 3.51. The Labute approximate surface area is 188 Å². The van der Waals surface area contributed by atoms with Crippen LogP contribution in [0.25, 0.3) is 0 Å². The van der Waals surface area contributed by atoms with Crippen LogP contribution in [0.4, 0.5) is 5.69 Å². The number of carbonyl (C=O) groups excluding carboxylic acids is 1. The first-order chi connectivity index (χ1) is 13.5. The summed E-state index contributed by atoms with van der Waals surface area (Å²) in [4.78, 5) is 15.6. The van der Waals surface area contributed by atoms with Crippen molar-refractivity contribution in [1.29, 1.82) is 0 Å². The zero-order chi connectivity index (χ0) is 20.4. The first-order valence-corrected chi connectivity index (χ1v) is 9.46. The van der Waals surface area contributed by atoms with Crippen LogP contribution < -0.4 is 20.7 Å². The van der Waals surface area contributed by atoms with E-state index in [0.717, 1.165) is 18.0 Å². The summed E-state index contributed by atoms with van der Waals surface area (Å²) in [5.74, 6) is 2.32. The van der Waals surface area contributed by atoms with Gasteiger partial charge in [0.05, 0.1) is 12.2 Å². The highest BCUT2D eigenvalue weighted by Gasteiger charge is 2.07. The maximum Gasteiger partial charge on any atom is 0.221 e. The number of aromatic nitrogens is 1. The molecule has 1 aromatic heterocycles. The van der Waals surface area contributed by atoms with Crippen LogP contribution >= 0.6 is 24.0 Å². The highest BCUT2D eigenvalue weighted by molar-refractivity contribution is 14.0. The molecule has 0 atom stereocenters. The van der Waals surface area contributed by atoms with Gasteiger partial charge >= 0.3 is 0 Å². The third-order valence-electron chi connectivity index (χ3n) is 3.72. The maximum absolute atomic E-state index is 11.1. The van der Waals surface area contributed by atoms with Gasteiger partial charge in [-0.05, 0) is 25.0 Å². The molecule has 8 nitrogen and oxygen atoms in total. The van der Waals surface area contributed by atoms with E-state index < -0.39 is 0 Å². The van der Waals surface area contributed by atoms with Crippen LogP contribution in [0.15, 0.2) is 39.8 Å². The summed E-state index contributed by atoms with van der Waals surface area (Å²) in [5.41, 5.74) is 1.64. The van der Waals surface area contributed by atoms with Crippen molar-refractivity contribution in [1.82, 2.24) is 15.8 Å². The second kappa shape index (κ2) is 13.0. The third kappa shape index (κ3) is 9.16. The molecule has 0 saturated heterocycles. The van der Waals surface area contributed by atoms with Crippen molar-refractivity contribution in [3.8, 4) is 5.75 Å². The van der Waals surface area contributed by atoms with Crippen LogP contribution in [0.5, 0.6) is 5.75 Å². The molecule has 160 valence electrons. The number of benzene rings is 1. The van der Waals surface area contributed by atoms with Gasteiger partial charge in [-0.15, -0.1) is 24.0 Å². The third-order valence-corrected chi connectivity index (χ3v) is 3.72. The molecule has 3 N–H and O–H groups in total. The number of guanidine groups is 1. The molecule has 0 fully saturated rings. The molecular formula is C20H30IN5O3. The number of aliphatic imine (C=N–C) groups is 1. The number of hydrogen-bond acceptors (Lipinski definition) is 5. The summed E-state index contributed by atoms with van der Waals surface area (Å²) in [6, 6.07) is 9.22. The standard InChI is InChI=1S/C20H29N5O3.HI/c1-5-21-20(23-13-18-12-19(14(2)3)25-28-18)22-9-10-27-17-8-6-7-16(11-17)24-15(4)26;/h6-8,11-12,14H,5,9-10,13H2,1-4H3,(H,24,26)(H2,21,22,23);1H. The number of rotatable bonds is 9. The van der Waals surface area contributed by atoms with Crippen molar-refractivity contribution in [3.63, 3.8) is 0 Å². The molecule has 1 heterocycles. The Kier molecular flexibility index (Phi) is 11.1. The Balaban J connectivity index is 0.00000420. The Hall–Kier alpha value is -2.30. The SMILES string of the molecule is CCNC(=NCc1cc(C(C)C)no1)NCCOc1cccc(NC(C)=O)c1.I. The molecule has 2 aromatic rings. The number of halogens is 1. The van der Waals surface area contributed by atoms with Gasteiger partial charge in [-0.2, -0.15) is 0 Å². The molecule has 0 radical (unpaired) electrons. The lowest BCUT2D eigenvalue weighted by Crippen LogP contribution is -2.39. The summed E-state index contributed by atoms with van der Waals surface area (Å²) in [7, 11) is 0. The van der Waals surface area contributed by atoms with Crippen LogP contribution in [0.3, 0.4) is 0 Å². The Bertz CT molecular complexity index is 792. The summed E-state index contributed by atoms with van der Waals surface area (Å²) in [5, 5.41) is 13.2. The highest BCUT2D eigenvalue weighted by atomic mass is 127. The van der Waals surface area contributed by atoms with Gasteiger partial charge in [0.2, 0.25) is 5.91 Å². The minimum absolute atomic E-state index is 0. The number of nitrogens with zero attached hydrogens (tertiary/aromatic N) is 2. The van der Waals surface area contributed by atoms with Crippen LogP contribution in [-0.4, -0.2) is 36.7 Å². The zero-order valence-corrected chi connectivity index (χ0v) is 19.7. The average molecular weight is 515 g/mol. The fourth-order valence-electron chi connectivity index (χ4n) is 2.38. The number of amides is 1. The summed E-state index contributed by atoms with van der Waals surface area (Å²) in [6.45, 7) is 9.81. The van der Waals surface area contributed by atoms with E-state index in [9.17, 15) is 4.79 Å². The van der Waals surface area contributed by atoms with E-state index in [1.165, 1.54) is 6.92 Å². The lowest BCUT2D eigenvalue weighted by molar-refractivity contribution is -0.114. The Morgan fingerprint density at radius 3 is 2.72 bits per heavy atom. The van der Waals surface area contributed by atoms with E-state index in [4.69, 9.17) is 9.26 Å². The molecule has 2 rings (SSSR count). The maximum atomic E-state index is 11.1. The average Bonchev–Trinajstić information content (AvgIpc) is 3.12. The van der Waals surface area contributed by atoms with Crippen molar-refractivity contribution in [2.24, 2.45) is 4.99 Å². The van der Waals surface area contributed by atoms with Gasteiger partial charge in [0.1, 0.15) is 18.9 Å². The van der Waals surface area contributed by atoms with Gasteiger partial charge in [0.15, 0.2) is 11.7 Å². The van der Waals surface area contributed by atoms with E-state index >= 15 is 0 Å². The molecule has 1 amide bonds. The molecule has 0 bridgehead atoms. The van der Waals surface area contributed by atoms with E-state index in [1.54, 1.807) is 6.07 Å². The number of nitrogens with one attached hydrogen (secondary N) is 3. The number of ether oxygens (including phenoxy) is 1. The fraction of sp³-hybridized carbons (Fsp3) is 0.450. The van der Waals surface area contributed by atoms with Gasteiger partial charge in [-0.25, -0.2) is 4.99 Å². The molecule has 29 heavy (non-hydrogen) atoms. The van der Waals surface area contributed by atoms with Gasteiger partial charge in [-0.3, -0.25) is 4.79 Å². The summed E-state index contributed by atoms with van der Waals surface area (Å²) in [6.07, 6.45) is 0. The van der Waals surface area contributed by atoms with E-state index in [0.29, 0.717) is 43.0 Å². The van der Waals surface area contributed by atoms with E-state index in [-0.39, 0.29) is 29.9 Å². The smallest absolute Gasteiger partial charge is 0.221 e. The predicted molar refractivity (Wildman–Crippen MR) is 125 cm³/mol. The van der Waals surface area contributed by atoms with Crippen molar-refractivity contribution in [3.05, 3.63) is 41.8 Å². The second-order valence-corrected chi connectivity index (χ2v) is 6.55. The molecular weight excluding hydrogens is 485 g/mol. The van der Waals surface area contributed by atoms with Crippen LogP contribution in [-0.2, 0) is 11.3 Å². The monoisotopic (exact) mass is 515 g/mol. The van der Waals surface area contributed by atoms with Crippen molar-refractivity contribution in [2.45, 2.75) is 40.2 Å². The topological polar surface area (TPSA) is 101 Å². The summed E-state index contributed by atoms with van der Waals surface area (Å²) >= 11 is 0. The number of hydrogen-bond donors (Lipinski definition) is 3. The number of anilines is 1. The van der Waals surface area contributed by atoms with Crippen molar-refractivity contribution >= 4 is 41.5 Å². The molecule has 0 saturated carbocycles. The molecule has 0 unspecified atom stereocenters. The highest BCUT2D eigenvalue weighted by Crippen LogP contribution is 2.17. The molecule has 0 aliphatic heterocycles. The lowest BCUT2D eigenvalue weighted by atomic mass is 10.1. The molecule has 1 aromatic carbocycles. The quantitative estimate of drug-likeness (QED) is 0.205. The molecule has 9 heteroatoms. The van der Waals surface area contributed by atoms with Crippen molar-refractivity contribution < 1.29 is 14.1 Å². The van der Waals surface area contributed by atoms with Gasteiger partial charge in [0, 0.05) is 31.3 Å². The van der Waals surface area contributed by atoms with Crippen LogP contribution in [0.2, 0.25) is 0 Å². The van der Waals surface area contributed by atoms with Gasteiger partial charge in [0.25, 0.3) is 0 Å². The fourth-order valence-corrected chi connectivity index (χ4v) is 2.38. The minimum Gasteiger partial charge on any atom is -0.492 e. The van der Waals surface area contributed by atoms with Crippen LogP contribution in [0.1, 0.15) is 45.1 Å². The Morgan fingerprint density at radius 1 is 1.28 bits per heavy atom. The summed E-state index contributed by atoms with van der Waals surface area (Å²) < 4.78 is 11.0. The first-order valence-electron chi connectivity index (χ1n) is 9.46. The number of carbonyl (C=O) groups is 1.